The lowest BCUT2D eigenvalue weighted by Gasteiger charge is -2.36. The molecule has 0 atom stereocenters. The summed E-state index contributed by atoms with van der Waals surface area (Å²) in [6, 6.07) is 18.6. The second-order valence-electron chi connectivity index (χ2n) is 7.96. The van der Waals surface area contributed by atoms with Crippen LogP contribution in [-0.2, 0) is 9.53 Å². The zero-order chi connectivity index (χ0) is 23.4. The van der Waals surface area contributed by atoms with Gasteiger partial charge in [-0.2, -0.15) is 0 Å². The maximum Gasteiger partial charge on any atom is 0.338 e. The Bertz CT molecular complexity index is 1200. The van der Waals surface area contributed by atoms with Crippen molar-refractivity contribution in [2.45, 2.75) is 13.8 Å². The van der Waals surface area contributed by atoms with Crippen molar-refractivity contribution in [2.24, 2.45) is 0 Å². The van der Waals surface area contributed by atoms with Crippen molar-refractivity contribution in [3.63, 3.8) is 0 Å². The summed E-state index contributed by atoms with van der Waals surface area (Å²) in [5, 5.41) is 5.03. The molecule has 3 aromatic rings. The molecule has 170 valence electrons. The van der Waals surface area contributed by atoms with Crippen molar-refractivity contribution in [3.8, 4) is 0 Å². The fraction of sp³-hybridized carbons (Fsp3) is 0.269. The van der Waals surface area contributed by atoms with Gasteiger partial charge in [0.2, 0.25) is 5.91 Å². The number of rotatable bonds is 5. The normalized spacial score (nSPS) is 13.6. The first kappa shape index (κ1) is 22.3. The molecule has 1 aliphatic heterocycles. The number of hydrogen-bond donors (Lipinski definition) is 1. The molecule has 0 aliphatic carbocycles. The van der Waals surface area contributed by atoms with Crippen LogP contribution < -0.4 is 10.2 Å². The number of benzene rings is 3. The van der Waals surface area contributed by atoms with Gasteiger partial charge >= 0.3 is 5.97 Å². The van der Waals surface area contributed by atoms with Crippen LogP contribution in [0.4, 0.5) is 11.4 Å². The van der Waals surface area contributed by atoms with E-state index in [4.69, 9.17) is 4.74 Å². The molecule has 1 heterocycles. The fourth-order valence-corrected chi connectivity index (χ4v) is 4.04. The molecule has 1 fully saturated rings. The van der Waals surface area contributed by atoms with E-state index in [1.165, 1.54) is 0 Å². The molecular weight excluding hydrogens is 418 g/mol. The van der Waals surface area contributed by atoms with Gasteiger partial charge in [-0.3, -0.25) is 9.59 Å². The fourth-order valence-electron chi connectivity index (χ4n) is 4.04. The van der Waals surface area contributed by atoms with Crippen molar-refractivity contribution >= 4 is 39.9 Å². The van der Waals surface area contributed by atoms with Crippen LogP contribution in [0.15, 0.2) is 60.7 Å². The zero-order valence-electron chi connectivity index (χ0n) is 18.8. The molecule has 0 spiro atoms. The number of nitrogens with zero attached hydrogens (tertiary/aromatic N) is 2. The summed E-state index contributed by atoms with van der Waals surface area (Å²) in [6.45, 7) is 6.07. The Balaban J connectivity index is 1.63. The van der Waals surface area contributed by atoms with E-state index >= 15 is 0 Å². The third-order valence-corrected chi connectivity index (χ3v) is 5.83. The van der Waals surface area contributed by atoms with Crippen LogP contribution >= 0.6 is 0 Å². The molecular formula is C26H27N3O4. The third kappa shape index (κ3) is 4.98. The van der Waals surface area contributed by atoms with E-state index in [1.54, 1.807) is 36.9 Å². The monoisotopic (exact) mass is 445 g/mol. The Hall–Kier alpha value is -3.87. The summed E-state index contributed by atoms with van der Waals surface area (Å²) in [6.07, 6.45) is 0. The van der Waals surface area contributed by atoms with Gasteiger partial charge in [0.1, 0.15) is 0 Å². The maximum atomic E-state index is 13.1. The van der Waals surface area contributed by atoms with Crippen LogP contribution in [0.5, 0.6) is 0 Å². The van der Waals surface area contributed by atoms with Gasteiger partial charge in [0, 0.05) is 38.7 Å². The molecule has 2 amide bonds. The van der Waals surface area contributed by atoms with Crippen LogP contribution in [0, 0.1) is 0 Å². The van der Waals surface area contributed by atoms with E-state index < -0.39 is 5.97 Å². The van der Waals surface area contributed by atoms with Crippen LogP contribution in [0.3, 0.4) is 0 Å². The van der Waals surface area contributed by atoms with Gasteiger partial charge < -0.3 is 19.9 Å². The number of piperazine rings is 1. The molecule has 7 heteroatoms. The molecule has 0 bridgehead atoms. The minimum Gasteiger partial charge on any atom is -0.462 e. The molecule has 7 nitrogen and oxygen atoms in total. The van der Waals surface area contributed by atoms with Gasteiger partial charge in [0.15, 0.2) is 0 Å². The van der Waals surface area contributed by atoms with Crippen molar-refractivity contribution in [2.75, 3.05) is 43.0 Å². The van der Waals surface area contributed by atoms with Crippen LogP contribution in [0.1, 0.15) is 34.6 Å². The minimum atomic E-state index is -0.438. The molecule has 0 saturated carbocycles. The topological polar surface area (TPSA) is 79.0 Å². The molecule has 3 aromatic carbocycles. The highest BCUT2D eigenvalue weighted by molar-refractivity contribution is 6.08. The lowest BCUT2D eigenvalue weighted by atomic mass is 10.1. The predicted molar refractivity (Wildman–Crippen MR) is 129 cm³/mol. The van der Waals surface area contributed by atoms with Gasteiger partial charge in [-0.05, 0) is 48.0 Å². The average molecular weight is 446 g/mol. The number of hydrogen-bond acceptors (Lipinski definition) is 5. The smallest absolute Gasteiger partial charge is 0.338 e. The van der Waals surface area contributed by atoms with Crippen molar-refractivity contribution < 1.29 is 19.1 Å². The second kappa shape index (κ2) is 9.73. The molecule has 0 unspecified atom stereocenters. The van der Waals surface area contributed by atoms with Crippen LogP contribution in [-0.4, -0.2) is 55.5 Å². The minimum absolute atomic E-state index is 0.0529. The summed E-state index contributed by atoms with van der Waals surface area (Å²) in [4.78, 5) is 41.1. The van der Waals surface area contributed by atoms with Gasteiger partial charge in [0.05, 0.1) is 23.5 Å². The molecule has 1 saturated heterocycles. The SMILES string of the molecule is CCOC(=O)c1ccc(N2CCN(C(C)=O)CC2)c(NC(=O)c2ccc3ccccc3c2)c1. The average Bonchev–Trinajstić information content (AvgIpc) is 2.84. The molecule has 1 N–H and O–H groups in total. The van der Waals surface area contributed by atoms with Crippen molar-refractivity contribution in [1.29, 1.82) is 0 Å². The Labute approximate surface area is 192 Å². The summed E-state index contributed by atoms with van der Waals surface area (Å²) < 4.78 is 5.14. The number of ether oxygens (including phenoxy) is 1. The summed E-state index contributed by atoms with van der Waals surface area (Å²) >= 11 is 0. The molecule has 1 aliphatic rings. The molecule has 0 aromatic heterocycles. The third-order valence-electron chi connectivity index (χ3n) is 5.83. The first-order valence-electron chi connectivity index (χ1n) is 11.1. The van der Waals surface area contributed by atoms with Gasteiger partial charge in [0.25, 0.3) is 5.91 Å². The van der Waals surface area contributed by atoms with E-state index in [0.29, 0.717) is 43.0 Å². The number of fused-ring (bicyclic) bond motifs is 1. The van der Waals surface area contributed by atoms with Gasteiger partial charge in [-0.1, -0.05) is 30.3 Å². The highest BCUT2D eigenvalue weighted by Gasteiger charge is 2.22. The van der Waals surface area contributed by atoms with Crippen molar-refractivity contribution in [1.82, 2.24) is 4.90 Å². The maximum absolute atomic E-state index is 13.1. The summed E-state index contributed by atoms with van der Waals surface area (Å²) in [5.74, 6) is -0.644. The Morgan fingerprint density at radius 1 is 0.879 bits per heavy atom. The summed E-state index contributed by atoms with van der Waals surface area (Å²) in [7, 11) is 0. The highest BCUT2D eigenvalue weighted by Crippen LogP contribution is 2.29. The Morgan fingerprint density at radius 3 is 2.27 bits per heavy atom. The van der Waals surface area contributed by atoms with Gasteiger partial charge in [-0.25, -0.2) is 4.79 Å². The molecule has 4 rings (SSSR count). The van der Waals surface area contributed by atoms with Gasteiger partial charge in [-0.15, -0.1) is 0 Å². The van der Waals surface area contributed by atoms with E-state index in [0.717, 1.165) is 16.5 Å². The predicted octanol–water partition coefficient (Wildman–Crippen LogP) is 3.94. The number of esters is 1. The first-order chi connectivity index (χ1) is 16.0. The molecule has 33 heavy (non-hydrogen) atoms. The van der Waals surface area contributed by atoms with Crippen LogP contribution in [0.25, 0.3) is 10.8 Å². The second-order valence-corrected chi connectivity index (χ2v) is 7.96. The van der Waals surface area contributed by atoms with E-state index in [-0.39, 0.29) is 18.4 Å². The largest absolute Gasteiger partial charge is 0.462 e. The Kier molecular flexibility index (Phi) is 6.58. The quantitative estimate of drug-likeness (QED) is 0.602. The Morgan fingerprint density at radius 2 is 1.58 bits per heavy atom. The number of carbonyl (C=O) groups excluding carboxylic acids is 3. The lowest BCUT2D eigenvalue weighted by Crippen LogP contribution is -2.48. The number of amides is 2. The van der Waals surface area contributed by atoms with Crippen LogP contribution in [0.2, 0.25) is 0 Å². The van der Waals surface area contributed by atoms with E-state index in [9.17, 15) is 14.4 Å². The standard InChI is InChI=1S/C26H27N3O4/c1-3-33-26(32)22-10-11-24(29-14-12-28(13-15-29)18(2)30)23(17-22)27-25(31)21-9-8-19-6-4-5-7-20(19)16-21/h4-11,16-17H,3,12-15H2,1-2H3,(H,27,31). The number of nitrogens with one attached hydrogen (secondary N) is 1. The number of anilines is 2. The molecule has 0 radical (unpaired) electrons. The van der Waals surface area contributed by atoms with E-state index in [1.807, 2.05) is 42.5 Å². The highest BCUT2D eigenvalue weighted by atomic mass is 16.5. The lowest BCUT2D eigenvalue weighted by molar-refractivity contribution is -0.129. The van der Waals surface area contributed by atoms with Crippen molar-refractivity contribution in [3.05, 3.63) is 71.8 Å². The zero-order valence-corrected chi connectivity index (χ0v) is 18.8. The summed E-state index contributed by atoms with van der Waals surface area (Å²) in [5.41, 5.74) is 2.25. The number of carbonyl (C=O) groups is 3. The first-order valence-corrected chi connectivity index (χ1v) is 11.1. The van der Waals surface area contributed by atoms with E-state index in [2.05, 4.69) is 10.2 Å².